The molecule has 0 bridgehead atoms. The number of carbonyl (C=O) groups excluding carboxylic acids is 1. The second kappa shape index (κ2) is 12.4. The molecule has 0 aliphatic rings. The van der Waals surface area contributed by atoms with Crippen molar-refractivity contribution in [2.24, 2.45) is 0 Å². The van der Waals surface area contributed by atoms with Crippen LogP contribution in [0.15, 0.2) is 95.9 Å². The number of benzene rings is 4. The van der Waals surface area contributed by atoms with Crippen molar-refractivity contribution >= 4 is 66.2 Å². The molecule has 0 heterocycles. The zero-order chi connectivity index (χ0) is 31.6. The van der Waals surface area contributed by atoms with Crippen LogP contribution in [0.25, 0.3) is 0 Å². The van der Waals surface area contributed by atoms with Gasteiger partial charge in [0.15, 0.2) is 0 Å². The highest BCUT2D eigenvalue weighted by atomic mass is 35.5. The van der Waals surface area contributed by atoms with Crippen LogP contribution < -0.4 is 14.3 Å². The summed E-state index contributed by atoms with van der Waals surface area (Å²) >= 11 is 11.5. The number of rotatable bonds is 9. The van der Waals surface area contributed by atoms with E-state index in [1.54, 1.807) is 24.3 Å². The molecule has 0 aliphatic heterocycles. The molecule has 0 aliphatic carbocycles. The first kappa shape index (κ1) is 32.1. The Labute approximate surface area is 256 Å². The summed E-state index contributed by atoms with van der Waals surface area (Å²) < 4.78 is 93.0. The van der Waals surface area contributed by atoms with Crippen molar-refractivity contribution in [1.82, 2.24) is 0 Å². The van der Waals surface area contributed by atoms with E-state index in [1.165, 1.54) is 52.8 Å². The van der Waals surface area contributed by atoms with Crippen molar-refractivity contribution in [2.75, 3.05) is 20.6 Å². The monoisotopic (exact) mass is 671 g/mol. The summed E-state index contributed by atoms with van der Waals surface area (Å²) in [5, 5.41) is 2.54. The third kappa shape index (κ3) is 8.20. The summed E-state index contributed by atoms with van der Waals surface area (Å²) in [6.07, 6.45) is -3.71. The molecule has 0 atom stereocenters. The molecule has 15 heteroatoms. The van der Waals surface area contributed by atoms with Crippen molar-refractivity contribution in [3.63, 3.8) is 0 Å². The first-order valence-electron chi connectivity index (χ1n) is 12.2. The van der Waals surface area contributed by atoms with Crippen LogP contribution in [0.3, 0.4) is 0 Å². The van der Waals surface area contributed by atoms with Crippen LogP contribution in [-0.4, -0.2) is 29.0 Å². The molecule has 0 aromatic heterocycles. The van der Waals surface area contributed by atoms with Gasteiger partial charge in [0.25, 0.3) is 15.9 Å². The minimum atomic E-state index is -4.77. The summed E-state index contributed by atoms with van der Waals surface area (Å²) in [7, 11) is -7.93. The van der Waals surface area contributed by atoms with Gasteiger partial charge < -0.3 is 5.32 Å². The van der Waals surface area contributed by atoms with Crippen molar-refractivity contribution < 1.29 is 34.8 Å². The molecule has 8 nitrogen and oxygen atoms in total. The Morgan fingerprint density at radius 1 is 0.814 bits per heavy atom. The van der Waals surface area contributed by atoms with Gasteiger partial charge >= 0.3 is 6.18 Å². The minimum Gasteiger partial charge on any atom is -0.322 e. The number of alkyl halides is 3. The van der Waals surface area contributed by atoms with Crippen LogP contribution in [0, 0.1) is 0 Å². The molecule has 4 rings (SSSR count). The van der Waals surface area contributed by atoms with E-state index in [-0.39, 0.29) is 28.4 Å². The second-order valence-corrected chi connectivity index (χ2v) is 13.7. The third-order valence-electron chi connectivity index (χ3n) is 6.00. The number of nitrogens with one attached hydrogen (secondary N) is 2. The number of carbonyl (C=O) groups is 1. The zero-order valence-corrected chi connectivity index (χ0v) is 25.2. The van der Waals surface area contributed by atoms with Crippen LogP contribution in [0.4, 0.5) is 30.2 Å². The molecule has 43 heavy (non-hydrogen) atoms. The van der Waals surface area contributed by atoms with Crippen LogP contribution in [0.1, 0.15) is 21.5 Å². The van der Waals surface area contributed by atoms with E-state index in [4.69, 9.17) is 23.2 Å². The van der Waals surface area contributed by atoms with Gasteiger partial charge in [0.1, 0.15) is 0 Å². The van der Waals surface area contributed by atoms with Gasteiger partial charge in [0.2, 0.25) is 10.0 Å². The number of hydrogen-bond acceptors (Lipinski definition) is 5. The smallest absolute Gasteiger partial charge is 0.322 e. The van der Waals surface area contributed by atoms with E-state index >= 15 is 0 Å². The predicted octanol–water partition coefficient (Wildman–Crippen LogP) is 7.03. The van der Waals surface area contributed by atoms with Gasteiger partial charge in [-0.25, -0.2) is 16.8 Å². The molecule has 1 amide bonds. The normalized spacial score (nSPS) is 12.0. The number of halogens is 5. The maximum absolute atomic E-state index is 13.1. The Hall–Kier alpha value is -3.78. The SMILES string of the molecule is CS(=O)(=O)N(Cc1ccc(Cl)cc1)c1ccc(C(=O)Nc2ccc(S(=O)(=O)Nc3ccc(Cl)c(C(F)(F)F)c3)cc2)cc1. The molecule has 0 spiro atoms. The molecule has 226 valence electrons. The van der Waals surface area contributed by atoms with Gasteiger partial charge in [0.05, 0.1) is 34.0 Å². The van der Waals surface area contributed by atoms with E-state index in [0.717, 1.165) is 18.4 Å². The molecular formula is C28H22Cl2F3N3O5S2. The molecule has 4 aromatic rings. The lowest BCUT2D eigenvalue weighted by Gasteiger charge is -2.23. The van der Waals surface area contributed by atoms with Gasteiger partial charge in [0, 0.05) is 22.0 Å². The molecule has 0 fully saturated rings. The topological polar surface area (TPSA) is 113 Å². The van der Waals surface area contributed by atoms with E-state index < -0.39 is 42.7 Å². The van der Waals surface area contributed by atoms with Crippen LogP contribution >= 0.6 is 23.2 Å². The van der Waals surface area contributed by atoms with E-state index in [2.05, 4.69) is 10.0 Å². The van der Waals surface area contributed by atoms with Gasteiger partial charge in [-0.1, -0.05) is 35.3 Å². The van der Waals surface area contributed by atoms with Crippen molar-refractivity contribution in [2.45, 2.75) is 17.6 Å². The fourth-order valence-corrected chi connectivity index (χ4v) is 6.16. The van der Waals surface area contributed by atoms with Gasteiger partial charge in [-0.15, -0.1) is 0 Å². The lowest BCUT2D eigenvalue weighted by atomic mass is 10.1. The highest BCUT2D eigenvalue weighted by Crippen LogP contribution is 2.36. The largest absolute Gasteiger partial charge is 0.417 e. The molecule has 2 N–H and O–H groups in total. The average Bonchev–Trinajstić information content (AvgIpc) is 2.93. The Morgan fingerprint density at radius 3 is 1.95 bits per heavy atom. The zero-order valence-electron chi connectivity index (χ0n) is 22.1. The number of sulfonamides is 2. The third-order valence-corrected chi connectivity index (χ3v) is 9.12. The average molecular weight is 673 g/mol. The molecular weight excluding hydrogens is 650 g/mol. The lowest BCUT2D eigenvalue weighted by molar-refractivity contribution is -0.137. The molecule has 0 radical (unpaired) electrons. The Morgan fingerprint density at radius 2 is 1.40 bits per heavy atom. The summed E-state index contributed by atoms with van der Waals surface area (Å²) in [6.45, 7) is 0.0488. The van der Waals surface area contributed by atoms with Crippen LogP contribution in [0.2, 0.25) is 10.0 Å². The number of amides is 1. The molecule has 0 saturated heterocycles. The fourth-order valence-electron chi connectivity index (χ4n) is 3.88. The van der Waals surface area contributed by atoms with Crippen molar-refractivity contribution in [1.29, 1.82) is 0 Å². The minimum absolute atomic E-state index is 0.0488. The summed E-state index contributed by atoms with van der Waals surface area (Å²) in [5.74, 6) is -0.551. The second-order valence-electron chi connectivity index (χ2n) is 9.22. The number of anilines is 3. The molecule has 0 saturated carbocycles. The fraction of sp³-hybridized carbons (Fsp3) is 0.107. The summed E-state index contributed by atoms with van der Waals surface area (Å²) in [5.41, 5.74) is -0.0496. The number of hydrogen-bond donors (Lipinski definition) is 2. The Balaban J connectivity index is 1.45. The Kier molecular flexibility index (Phi) is 9.30. The van der Waals surface area contributed by atoms with E-state index in [1.807, 2.05) is 0 Å². The van der Waals surface area contributed by atoms with E-state index in [9.17, 15) is 34.8 Å². The summed E-state index contributed by atoms with van der Waals surface area (Å²) in [6, 6.07) is 20.1. The van der Waals surface area contributed by atoms with Crippen molar-refractivity contribution in [3.05, 3.63) is 118 Å². The molecule has 4 aromatic carbocycles. The quantitative estimate of drug-likeness (QED) is 0.198. The van der Waals surface area contributed by atoms with Crippen molar-refractivity contribution in [3.8, 4) is 0 Å². The first-order valence-corrected chi connectivity index (χ1v) is 16.2. The predicted molar refractivity (Wildman–Crippen MR) is 161 cm³/mol. The lowest BCUT2D eigenvalue weighted by Crippen LogP contribution is -2.29. The summed E-state index contributed by atoms with van der Waals surface area (Å²) in [4.78, 5) is 12.5. The van der Waals surface area contributed by atoms with E-state index in [0.29, 0.717) is 22.3 Å². The Bertz CT molecular complexity index is 1850. The number of nitrogens with zero attached hydrogens (tertiary/aromatic N) is 1. The van der Waals surface area contributed by atoms with Crippen LogP contribution in [-0.2, 0) is 32.8 Å². The highest BCUT2D eigenvalue weighted by Gasteiger charge is 2.33. The van der Waals surface area contributed by atoms with Gasteiger partial charge in [-0.05, 0) is 84.4 Å². The van der Waals surface area contributed by atoms with Gasteiger partial charge in [-0.2, -0.15) is 13.2 Å². The maximum atomic E-state index is 13.1. The maximum Gasteiger partial charge on any atom is 0.417 e. The van der Waals surface area contributed by atoms with Crippen LogP contribution in [0.5, 0.6) is 0 Å². The van der Waals surface area contributed by atoms with Gasteiger partial charge in [-0.3, -0.25) is 13.8 Å². The highest BCUT2D eigenvalue weighted by molar-refractivity contribution is 7.92. The first-order chi connectivity index (χ1) is 20.0. The molecule has 0 unspecified atom stereocenters. The standard InChI is InChI=1S/C28H22Cl2F3N3O5S2/c1-42(38,39)36(17-18-2-6-20(29)7-3-18)23-11-4-19(5-12-23)27(37)34-21-8-13-24(14-9-21)43(40,41)35-22-10-15-26(30)25(16-22)28(31,32)33/h2-16,35H,17H2,1H3,(H,34,37).